The minimum atomic E-state index is -4.44. The molecule has 0 saturated carbocycles. The third-order valence-corrected chi connectivity index (χ3v) is 7.50. The van der Waals surface area contributed by atoms with Gasteiger partial charge in [0.25, 0.3) is 10.1 Å². The largest absolute Gasteiger partial charge is 0.507 e. The molecule has 0 aliphatic heterocycles. The summed E-state index contributed by atoms with van der Waals surface area (Å²) in [6.07, 6.45) is 6.58. The van der Waals surface area contributed by atoms with Gasteiger partial charge in [-0.25, -0.2) is 14.6 Å². The smallest absolute Gasteiger partial charge is 0.339 e. The zero-order valence-corrected chi connectivity index (χ0v) is 22.9. The summed E-state index contributed by atoms with van der Waals surface area (Å²) in [6, 6.07) is 10.1. The first kappa shape index (κ1) is 29.0. The van der Waals surface area contributed by atoms with Gasteiger partial charge in [0.2, 0.25) is 0 Å². The normalized spacial score (nSPS) is 12.9. The standard InChI is InChI=1S/C30H25NO9S/c1-15-4-7-22(14-25(15)41(38,39)40)31-21-8-5-18(6-9-21)26(19-10-16(2)27(32)23(12-19)29(34)35)20-11-17(3)28(33)24(13-20)30(36)37/h4-14,32-33H,1-3H3,(H,34,35)(H,36,37)(H,38,39,40). The average molecular weight is 576 g/mol. The number of aliphatic imine (C=N–C) groups is 1. The summed E-state index contributed by atoms with van der Waals surface area (Å²) in [6.45, 7) is 4.62. The number of rotatable bonds is 6. The number of hydrogen-bond donors (Lipinski definition) is 5. The van der Waals surface area contributed by atoms with Gasteiger partial charge in [-0.15, -0.1) is 0 Å². The molecular weight excluding hydrogens is 550 g/mol. The van der Waals surface area contributed by atoms with Crippen LogP contribution in [0.4, 0.5) is 5.69 Å². The first-order valence-corrected chi connectivity index (χ1v) is 13.5. The van der Waals surface area contributed by atoms with E-state index in [1.54, 1.807) is 49.4 Å². The molecule has 0 saturated heterocycles. The topological polar surface area (TPSA) is 182 Å². The Morgan fingerprint density at radius 3 is 1.63 bits per heavy atom. The third kappa shape index (κ3) is 5.96. The third-order valence-electron chi connectivity index (χ3n) is 6.50. The van der Waals surface area contributed by atoms with Gasteiger partial charge in [-0.3, -0.25) is 4.55 Å². The van der Waals surface area contributed by atoms with Gasteiger partial charge in [0.1, 0.15) is 22.6 Å². The molecule has 0 heterocycles. The average Bonchev–Trinajstić information content (AvgIpc) is 2.89. The Labute approximate surface area is 235 Å². The number of benzene rings is 3. The number of hydrogen-bond acceptors (Lipinski definition) is 7. The van der Waals surface area contributed by atoms with E-state index in [0.717, 1.165) is 0 Å². The second-order valence-corrected chi connectivity index (χ2v) is 10.8. The van der Waals surface area contributed by atoms with Gasteiger partial charge in [-0.1, -0.05) is 18.2 Å². The predicted molar refractivity (Wildman–Crippen MR) is 152 cm³/mol. The first-order valence-electron chi connectivity index (χ1n) is 12.1. The lowest BCUT2D eigenvalue weighted by Crippen LogP contribution is -2.05. The predicted octanol–water partition coefficient (Wildman–Crippen LogP) is 5.37. The molecule has 10 nitrogen and oxygen atoms in total. The molecule has 3 aromatic rings. The molecule has 1 aliphatic rings. The summed E-state index contributed by atoms with van der Waals surface area (Å²) >= 11 is 0. The van der Waals surface area contributed by atoms with Crippen LogP contribution in [0.15, 0.2) is 82.2 Å². The summed E-state index contributed by atoms with van der Waals surface area (Å²) in [5.74, 6) is -3.50. The molecule has 0 amide bonds. The van der Waals surface area contributed by atoms with Crippen LogP contribution in [0.5, 0.6) is 11.5 Å². The minimum absolute atomic E-state index is 0.264. The highest BCUT2D eigenvalue weighted by molar-refractivity contribution is 7.85. The number of carboxylic acid groups (broad SMARTS) is 2. The molecule has 0 unspecified atom stereocenters. The molecule has 0 aromatic heterocycles. The quantitative estimate of drug-likeness (QED) is 0.241. The van der Waals surface area contributed by atoms with E-state index in [4.69, 9.17) is 0 Å². The second-order valence-electron chi connectivity index (χ2n) is 9.45. The highest BCUT2D eigenvalue weighted by atomic mass is 32.2. The van der Waals surface area contributed by atoms with Crippen LogP contribution in [-0.4, -0.2) is 51.0 Å². The Bertz CT molecular complexity index is 1770. The van der Waals surface area contributed by atoms with Crippen LogP contribution in [0, 0.1) is 20.8 Å². The Kier molecular flexibility index (Phi) is 7.69. The van der Waals surface area contributed by atoms with E-state index >= 15 is 0 Å². The molecule has 4 rings (SSSR count). The fraction of sp³-hybridized carbons (Fsp3) is 0.100. The SMILES string of the molecule is Cc1ccc(N=C2C=CC(=C(c3cc(C)c(O)c(C(=O)O)c3)c3cc(C)c(O)c(C(=O)O)c3)C=C2)cc1S(=O)(=O)O. The summed E-state index contributed by atoms with van der Waals surface area (Å²) in [4.78, 5) is 27.8. The van der Waals surface area contributed by atoms with E-state index in [2.05, 4.69) is 4.99 Å². The highest BCUT2D eigenvalue weighted by Crippen LogP contribution is 2.37. The van der Waals surface area contributed by atoms with E-state index in [1.165, 1.54) is 38.1 Å². The van der Waals surface area contributed by atoms with Crippen molar-refractivity contribution in [2.75, 3.05) is 0 Å². The minimum Gasteiger partial charge on any atom is -0.507 e. The van der Waals surface area contributed by atoms with Crippen molar-refractivity contribution in [3.05, 3.63) is 111 Å². The Morgan fingerprint density at radius 1 is 0.707 bits per heavy atom. The monoisotopic (exact) mass is 575 g/mol. The van der Waals surface area contributed by atoms with Crippen molar-refractivity contribution in [2.24, 2.45) is 4.99 Å². The van der Waals surface area contributed by atoms with Crippen molar-refractivity contribution in [3.63, 3.8) is 0 Å². The van der Waals surface area contributed by atoms with Crippen molar-refractivity contribution in [1.82, 2.24) is 0 Å². The van der Waals surface area contributed by atoms with Crippen molar-refractivity contribution in [2.45, 2.75) is 25.7 Å². The lowest BCUT2D eigenvalue weighted by molar-refractivity contribution is 0.0682. The number of aromatic hydroxyl groups is 2. The molecule has 0 bridgehead atoms. The maximum Gasteiger partial charge on any atom is 0.339 e. The van der Waals surface area contributed by atoms with Crippen molar-refractivity contribution in [3.8, 4) is 11.5 Å². The zero-order valence-electron chi connectivity index (χ0n) is 22.1. The van der Waals surface area contributed by atoms with Gasteiger partial charge in [0, 0.05) is 0 Å². The molecule has 11 heteroatoms. The highest BCUT2D eigenvalue weighted by Gasteiger charge is 2.21. The maximum absolute atomic E-state index is 11.8. The van der Waals surface area contributed by atoms with Crippen LogP contribution >= 0.6 is 0 Å². The van der Waals surface area contributed by atoms with Crippen LogP contribution in [-0.2, 0) is 10.1 Å². The Hall–Kier alpha value is -5.00. The lowest BCUT2D eigenvalue weighted by Gasteiger charge is -2.18. The van der Waals surface area contributed by atoms with Crippen molar-refractivity contribution >= 4 is 39.0 Å². The summed E-state index contributed by atoms with van der Waals surface area (Å²) in [5, 5.41) is 39.9. The van der Waals surface area contributed by atoms with E-state index < -0.39 is 33.6 Å². The van der Waals surface area contributed by atoms with E-state index in [-0.39, 0.29) is 32.8 Å². The number of aryl methyl sites for hydroxylation is 3. The molecule has 0 atom stereocenters. The van der Waals surface area contributed by atoms with Gasteiger partial charge in [0.05, 0.1) is 16.3 Å². The summed E-state index contributed by atoms with van der Waals surface area (Å²) in [5.41, 5.74) is 2.67. The number of allylic oxidation sites excluding steroid dienone is 5. The van der Waals surface area contributed by atoms with Crippen LogP contribution in [0.3, 0.4) is 0 Å². The van der Waals surface area contributed by atoms with Gasteiger partial charge in [-0.2, -0.15) is 8.42 Å². The molecule has 5 N–H and O–H groups in total. The van der Waals surface area contributed by atoms with Crippen LogP contribution in [0.25, 0.3) is 5.57 Å². The van der Waals surface area contributed by atoms with E-state index in [1.807, 2.05) is 0 Å². The number of nitrogens with zero attached hydrogens (tertiary/aromatic N) is 1. The number of aromatic carboxylic acids is 2. The fourth-order valence-corrected chi connectivity index (χ4v) is 5.21. The maximum atomic E-state index is 11.8. The molecular formula is C30H25NO9S. The van der Waals surface area contributed by atoms with Crippen molar-refractivity contribution in [1.29, 1.82) is 0 Å². The van der Waals surface area contributed by atoms with Gasteiger partial charge < -0.3 is 20.4 Å². The second kappa shape index (κ2) is 10.9. The Morgan fingerprint density at radius 2 is 1.20 bits per heavy atom. The van der Waals surface area contributed by atoms with E-state index in [9.17, 15) is 43.0 Å². The Balaban J connectivity index is 1.92. The van der Waals surface area contributed by atoms with Crippen molar-refractivity contribution < 1.29 is 43.0 Å². The van der Waals surface area contributed by atoms with Crippen LogP contribution in [0.1, 0.15) is 48.5 Å². The zero-order chi connectivity index (χ0) is 30.2. The number of carboxylic acids is 2. The van der Waals surface area contributed by atoms with Gasteiger partial charge >= 0.3 is 11.9 Å². The summed E-state index contributed by atoms with van der Waals surface area (Å²) in [7, 11) is -4.44. The molecule has 210 valence electrons. The molecule has 3 aromatic carbocycles. The fourth-order valence-electron chi connectivity index (χ4n) is 4.46. The molecule has 0 spiro atoms. The van der Waals surface area contributed by atoms with Gasteiger partial charge in [-0.05, 0) is 108 Å². The molecule has 41 heavy (non-hydrogen) atoms. The molecule has 0 radical (unpaired) electrons. The van der Waals surface area contributed by atoms with Gasteiger partial charge in [0.15, 0.2) is 0 Å². The van der Waals surface area contributed by atoms with Crippen LogP contribution < -0.4 is 0 Å². The molecule has 0 fully saturated rings. The number of carbonyl (C=O) groups is 2. The van der Waals surface area contributed by atoms with Crippen LogP contribution in [0.2, 0.25) is 0 Å². The molecule has 1 aliphatic carbocycles. The number of phenols is 2. The first-order chi connectivity index (χ1) is 19.2. The lowest BCUT2D eigenvalue weighted by atomic mass is 9.87. The van der Waals surface area contributed by atoms with E-state index in [0.29, 0.717) is 33.5 Å². The summed E-state index contributed by atoms with van der Waals surface area (Å²) < 4.78 is 32.8.